The van der Waals surface area contributed by atoms with E-state index in [1.807, 2.05) is 35.0 Å². The molecule has 0 radical (unpaired) electrons. The van der Waals surface area contributed by atoms with Gasteiger partial charge in [0.2, 0.25) is 0 Å². The fourth-order valence-electron chi connectivity index (χ4n) is 1.73. The molecule has 0 bridgehead atoms. The van der Waals surface area contributed by atoms with Crippen LogP contribution in [0.4, 0.5) is 0 Å². The Morgan fingerprint density at radius 2 is 2.06 bits per heavy atom. The molecule has 86 valence electrons. The van der Waals surface area contributed by atoms with Gasteiger partial charge >= 0.3 is 0 Å². The molecule has 0 N–H and O–H groups in total. The van der Waals surface area contributed by atoms with Gasteiger partial charge in [-0.05, 0) is 6.42 Å². The SMILES string of the molecule is CCCCn1nnc(C#N)c1-c1ccccc1. The molecule has 4 nitrogen and oxygen atoms in total. The molecule has 0 fully saturated rings. The van der Waals surface area contributed by atoms with E-state index < -0.39 is 0 Å². The minimum Gasteiger partial charge on any atom is -0.243 e. The second-order valence-electron chi connectivity index (χ2n) is 3.84. The van der Waals surface area contributed by atoms with Crippen LogP contribution in [0.3, 0.4) is 0 Å². The van der Waals surface area contributed by atoms with Crippen LogP contribution in [0.25, 0.3) is 11.3 Å². The summed E-state index contributed by atoms with van der Waals surface area (Å²) in [4.78, 5) is 0. The van der Waals surface area contributed by atoms with Crippen LogP contribution in [0, 0.1) is 11.3 Å². The number of nitrogens with zero attached hydrogens (tertiary/aromatic N) is 4. The second-order valence-corrected chi connectivity index (χ2v) is 3.84. The summed E-state index contributed by atoms with van der Waals surface area (Å²) < 4.78 is 1.82. The Morgan fingerprint density at radius 1 is 1.29 bits per heavy atom. The average molecular weight is 226 g/mol. The third-order valence-corrected chi connectivity index (χ3v) is 2.61. The van der Waals surface area contributed by atoms with Gasteiger partial charge in [-0.1, -0.05) is 48.9 Å². The highest BCUT2D eigenvalue weighted by Crippen LogP contribution is 2.21. The van der Waals surface area contributed by atoms with E-state index in [-0.39, 0.29) is 0 Å². The zero-order valence-corrected chi connectivity index (χ0v) is 9.80. The Kier molecular flexibility index (Phi) is 3.51. The molecule has 1 aromatic heterocycles. The van der Waals surface area contributed by atoms with Gasteiger partial charge in [-0.2, -0.15) is 5.26 Å². The predicted octanol–water partition coefficient (Wildman–Crippen LogP) is 2.62. The maximum absolute atomic E-state index is 9.05. The van der Waals surface area contributed by atoms with Crippen LogP contribution in [-0.4, -0.2) is 15.0 Å². The number of aryl methyl sites for hydroxylation is 1. The van der Waals surface area contributed by atoms with Crippen molar-refractivity contribution in [2.75, 3.05) is 0 Å². The molecule has 0 amide bonds. The monoisotopic (exact) mass is 226 g/mol. The Bertz CT molecular complexity index is 522. The van der Waals surface area contributed by atoms with E-state index in [1.165, 1.54) is 0 Å². The van der Waals surface area contributed by atoms with Crippen LogP contribution in [0.15, 0.2) is 30.3 Å². The van der Waals surface area contributed by atoms with E-state index in [9.17, 15) is 0 Å². The first-order valence-electron chi connectivity index (χ1n) is 5.75. The lowest BCUT2D eigenvalue weighted by molar-refractivity contribution is 0.557. The van der Waals surface area contributed by atoms with Crippen LogP contribution in [-0.2, 0) is 6.54 Å². The number of aromatic nitrogens is 3. The summed E-state index contributed by atoms with van der Waals surface area (Å²) in [6, 6.07) is 11.9. The largest absolute Gasteiger partial charge is 0.243 e. The quantitative estimate of drug-likeness (QED) is 0.805. The lowest BCUT2D eigenvalue weighted by Crippen LogP contribution is -2.02. The molecule has 0 saturated carbocycles. The Hall–Kier alpha value is -2.15. The molecule has 1 aromatic carbocycles. The summed E-state index contributed by atoms with van der Waals surface area (Å²) in [5.74, 6) is 0. The average Bonchev–Trinajstić information content (AvgIpc) is 2.80. The highest BCUT2D eigenvalue weighted by molar-refractivity contribution is 5.64. The zero-order chi connectivity index (χ0) is 12.1. The van der Waals surface area contributed by atoms with Crippen molar-refractivity contribution in [2.45, 2.75) is 26.3 Å². The van der Waals surface area contributed by atoms with Crippen molar-refractivity contribution in [1.29, 1.82) is 5.26 Å². The number of rotatable bonds is 4. The molecule has 2 rings (SSSR count). The van der Waals surface area contributed by atoms with Gasteiger partial charge in [0.05, 0.1) is 0 Å². The minimum absolute atomic E-state index is 0.396. The molecule has 0 aliphatic heterocycles. The van der Waals surface area contributed by atoms with Gasteiger partial charge in [-0.25, -0.2) is 4.68 Å². The smallest absolute Gasteiger partial charge is 0.190 e. The van der Waals surface area contributed by atoms with Crippen LogP contribution in [0.2, 0.25) is 0 Å². The third-order valence-electron chi connectivity index (χ3n) is 2.61. The number of hydrogen-bond donors (Lipinski definition) is 0. The fourth-order valence-corrected chi connectivity index (χ4v) is 1.73. The van der Waals surface area contributed by atoms with Gasteiger partial charge in [-0.15, -0.1) is 5.10 Å². The fraction of sp³-hybridized carbons (Fsp3) is 0.308. The topological polar surface area (TPSA) is 54.5 Å². The van der Waals surface area contributed by atoms with Crippen molar-refractivity contribution in [3.8, 4) is 17.3 Å². The van der Waals surface area contributed by atoms with E-state index in [2.05, 4.69) is 23.3 Å². The molecule has 0 atom stereocenters. The lowest BCUT2D eigenvalue weighted by atomic mass is 10.1. The lowest BCUT2D eigenvalue weighted by Gasteiger charge is -2.05. The van der Waals surface area contributed by atoms with Crippen molar-refractivity contribution in [3.05, 3.63) is 36.0 Å². The number of hydrogen-bond acceptors (Lipinski definition) is 3. The van der Waals surface area contributed by atoms with Crippen LogP contribution < -0.4 is 0 Å². The van der Waals surface area contributed by atoms with Gasteiger partial charge < -0.3 is 0 Å². The molecule has 0 aliphatic rings. The van der Waals surface area contributed by atoms with Gasteiger partial charge in [0.25, 0.3) is 0 Å². The highest BCUT2D eigenvalue weighted by Gasteiger charge is 2.13. The molecule has 0 spiro atoms. The van der Waals surface area contributed by atoms with Crippen molar-refractivity contribution in [3.63, 3.8) is 0 Å². The van der Waals surface area contributed by atoms with Gasteiger partial charge in [0.15, 0.2) is 5.69 Å². The van der Waals surface area contributed by atoms with Gasteiger partial charge in [-0.3, -0.25) is 0 Å². The molecular formula is C13H14N4. The van der Waals surface area contributed by atoms with Crippen LogP contribution >= 0.6 is 0 Å². The Labute approximate surface area is 101 Å². The molecule has 2 aromatic rings. The first-order valence-corrected chi connectivity index (χ1v) is 5.75. The summed E-state index contributed by atoms with van der Waals surface area (Å²) in [5.41, 5.74) is 2.21. The molecular weight excluding hydrogens is 212 g/mol. The molecule has 0 unspecified atom stereocenters. The van der Waals surface area contributed by atoms with Crippen molar-refractivity contribution in [2.24, 2.45) is 0 Å². The van der Waals surface area contributed by atoms with Gasteiger partial charge in [0, 0.05) is 12.1 Å². The van der Waals surface area contributed by atoms with Crippen molar-refractivity contribution in [1.82, 2.24) is 15.0 Å². The number of nitriles is 1. The number of unbranched alkanes of at least 4 members (excludes halogenated alkanes) is 1. The summed E-state index contributed by atoms with van der Waals surface area (Å²) in [6.07, 6.45) is 2.13. The highest BCUT2D eigenvalue weighted by atomic mass is 15.4. The maximum atomic E-state index is 9.05. The first-order chi connectivity index (χ1) is 8.36. The van der Waals surface area contributed by atoms with E-state index >= 15 is 0 Å². The molecule has 4 heteroatoms. The Balaban J connectivity index is 2.43. The third kappa shape index (κ3) is 2.34. The van der Waals surface area contributed by atoms with Crippen molar-refractivity contribution < 1.29 is 0 Å². The summed E-state index contributed by atoms with van der Waals surface area (Å²) >= 11 is 0. The summed E-state index contributed by atoms with van der Waals surface area (Å²) in [5, 5.41) is 17.0. The van der Waals surface area contributed by atoms with Crippen LogP contribution in [0.1, 0.15) is 25.5 Å². The number of benzene rings is 1. The molecule has 1 heterocycles. The van der Waals surface area contributed by atoms with E-state index in [4.69, 9.17) is 5.26 Å². The molecule has 17 heavy (non-hydrogen) atoms. The normalized spacial score (nSPS) is 10.1. The summed E-state index contributed by atoms with van der Waals surface area (Å²) in [6.45, 7) is 2.93. The van der Waals surface area contributed by atoms with Crippen LogP contribution in [0.5, 0.6) is 0 Å². The maximum Gasteiger partial charge on any atom is 0.190 e. The van der Waals surface area contributed by atoms with Gasteiger partial charge in [0.1, 0.15) is 11.8 Å². The summed E-state index contributed by atoms with van der Waals surface area (Å²) in [7, 11) is 0. The first kappa shape index (κ1) is 11.3. The van der Waals surface area contributed by atoms with Crippen molar-refractivity contribution >= 4 is 0 Å². The molecule has 0 saturated heterocycles. The molecule has 0 aliphatic carbocycles. The standard InChI is InChI=1S/C13H14N4/c1-2-3-9-17-13(12(10-14)15-16-17)11-7-5-4-6-8-11/h4-8H,2-3,9H2,1H3. The predicted molar refractivity (Wildman–Crippen MR) is 65.1 cm³/mol. The Morgan fingerprint density at radius 3 is 2.71 bits per heavy atom. The zero-order valence-electron chi connectivity index (χ0n) is 9.80. The van der Waals surface area contributed by atoms with E-state index in [0.717, 1.165) is 30.6 Å². The minimum atomic E-state index is 0.396. The van der Waals surface area contributed by atoms with E-state index in [1.54, 1.807) is 0 Å². The second kappa shape index (κ2) is 5.26. The van der Waals surface area contributed by atoms with E-state index in [0.29, 0.717) is 5.69 Å².